The first-order valence-electron chi connectivity index (χ1n) is 9.07. The molecule has 2 N–H and O–H groups in total. The molecule has 4 rings (SSSR count). The summed E-state index contributed by atoms with van der Waals surface area (Å²) in [5.74, 6) is 0.678. The molecule has 28 heavy (non-hydrogen) atoms. The van der Waals surface area contributed by atoms with Gasteiger partial charge < -0.3 is 20.1 Å². The van der Waals surface area contributed by atoms with E-state index in [0.717, 1.165) is 5.56 Å². The molecule has 7 heteroatoms. The maximum atomic E-state index is 12.6. The number of carbonyl (C=O) groups excluding carboxylic acids is 3. The van der Waals surface area contributed by atoms with Crippen molar-refractivity contribution in [3.8, 4) is 11.5 Å². The molecule has 2 aliphatic rings. The highest BCUT2D eigenvalue weighted by Gasteiger charge is 2.56. The Labute approximate surface area is 162 Å². The van der Waals surface area contributed by atoms with Crippen molar-refractivity contribution >= 4 is 23.3 Å². The van der Waals surface area contributed by atoms with E-state index in [1.807, 2.05) is 12.1 Å². The quantitative estimate of drug-likeness (QED) is 0.594. The van der Waals surface area contributed by atoms with Crippen LogP contribution in [0.5, 0.6) is 11.5 Å². The van der Waals surface area contributed by atoms with Gasteiger partial charge in [-0.2, -0.15) is 0 Å². The summed E-state index contributed by atoms with van der Waals surface area (Å²) in [5.41, 5.74) is 0.967. The van der Waals surface area contributed by atoms with Crippen molar-refractivity contribution < 1.29 is 23.9 Å². The lowest BCUT2D eigenvalue weighted by molar-refractivity contribution is -0.134. The molecule has 1 aliphatic carbocycles. The molecule has 0 saturated heterocycles. The van der Waals surface area contributed by atoms with Gasteiger partial charge in [0.2, 0.25) is 18.6 Å². The van der Waals surface area contributed by atoms with Crippen molar-refractivity contribution in [1.29, 1.82) is 0 Å². The van der Waals surface area contributed by atoms with Gasteiger partial charge in [0.05, 0.1) is 0 Å². The van der Waals surface area contributed by atoms with E-state index in [4.69, 9.17) is 9.47 Å². The maximum Gasteiger partial charge on any atom is 0.240 e. The van der Waals surface area contributed by atoms with Gasteiger partial charge in [-0.1, -0.05) is 6.07 Å². The highest BCUT2D eigenvalue weighted by atomic mass is 16.7. The molecule has 7 nitrogen and oxygen atoms in total. The summed E-state index contributed by atoms with van der Waals surface area (Å²) >= 11 is 0. The second kappa shape index (κ2) is 6.99. The number of amides is 2. The SMILES string of the molecule is CC(=O)c1ccc(NC(=O)C2(C(=O)NCc3ccc4c(c3)OCO4)CC2)cc1. The van der Waals surface area contributed by atoms with Crippen LogP contribution in [0.1, 0.15) is 35.7 Å². The Balaban J connectivity index is 1.36. The summed E-state index contributed by atoms with van der Waals surface area (Å²) in [4.78, 5) is 36.6. The van der Waals surface area contributed by atoms with Gasteiger partial charge >= 0.3 is 0 Å². The first-order valence-corrected chi connectivity index (χ1v) is 9.07. The lowest BCUT2D eigenvalue weighted by atomic mass is 10.0. The van der Waals surface area contributed by atoms with E-state index in [9.17, 15) is 14.4 Å². The van der Waals surface area contributed by atoms with E-state index >= 15 is 0 Å². The topological polar surface area (TPSA) is 93.7 Å². The Kier molecular flexibility index (Phi) is 4.50. The van der Waals surface area contributed by atoms with E-state index < -0.39 is 5.41 Å². The third-order valence-electron chi connectivity index (χ3n) is 5.06. The van der Waals surface area contributed by atoms with Crippen molar-refractivity contribution in [2.45, 2.75) is 26.3 Å². The van der Waals surface area contributed by atoms with Crippen LogP contribution in [0.3, 0.4) is 0 Å². The van der Waals surface area contributed by atoms with Crippen LogP contribution in [0.15, 0.2) is 42.5 Å². The first kappa shape index (κ1) is 18.0. The predicted molar refractivity (Wildman–Crippen MR) is 101 cm³/mol. The Hall–Kier alpha value is -3.35. The number of Topliss-reactive ketones (excluding diaryl/α,β-unsaturated/α-hetero) is 1. The minimum atomic E-state index is -1.03. The van der Waals surface area contributed by atoms with Crippen LogP contribution in [0.25, 0.3) is 0 Å². The minimum Gasteiger partial charge on any atom is -0.454 e. The number of fused-ring (bicyclic) bond motifs is 1. The molecule has 144 valence electrons. The zero-order valence-corrected chi connectivity index (χ0v) is 15.4. The summed E-state index contributed by atoms with van der Waals surface area (Å²) < 4.78 is 10.6. The van der Waals surface area contributed by atoms with E-state index in [2.05, 4.69) is 10.6 Å². The van der Waals surface area contributed by atoms with E-state index in [1.54, 1.807) is 30.3 Å². The molecule has 0 radical (unpaired) electrons. The monoisotopic (exact) mass is 380 g/mol. The van der Waals surface area contributed by atoms with Gasteiger partial charge in [0.25, 0.3) is 0 Å². The molecular weight excluding hydrogens is 360 g/mol. The molecule has 0 unspecified atom stereocenters. The third kappa shape index (κ3) is 3.43. The van der Waals surface area contributed by atoms with E-state index in [1.165, 1.54) is 6.92 Å². The number of anilines is 1. The number of hydrogen-bond acceptors (Lipinski definition) is 5. The Morgan fingerprint density at radius 3 is 2.36 bits per heavy atom. The van der Waals surface area contributed by atoms with Crippen LogP contribution >= 0.6 is 0 Å². The number of carbonyl (C=O) groups is 3. The first-order chi connectivity index (χ1) is 13.5. The fraction of sp³-hybridized carbons (Fsp3) is 0.286. The largest absolute Gasteiger partial charge is 0.454 e. The maximum absolute atomic E-state index is 12.6. The summed E-state index contributed by atoms with van der Waals surface area (Å²) in [7, 11) is 0. The zero-order valence-electron chi connectivity index (χ0n) is 15.4. The second-order valence-electron chi connectivity index (χ2n) is 7.04. The third-order valence-corrected chi connectivity index (χ3v) is 5.06. The molecule has 0 atom stereocenters. The molecule has 1 saturated carbocycles. The summed E-state index contributed by atoms with van der Waals surface area (Å²) in [6.45, 7) is 1.98. The lowest BCUT2D eigenvalue weighted by Crippen LogP contribution is -2.39. The van der Waals surface area contributed by atoms with Gasteiger partial charge in [0.15, 0.2) is 17.3 Å². The van der Waals surface area contributed by atoms with Gasteiger partial charge in [-0.3, -0.25) is 14.4 Å². The second-order valence-corrected chi connectivity index (χ2v) is 7.04. The molecule has 2 amide bonds. The van der Waals surface area contributed by atoms with Crippen LogP contribution in [-0.4, -0.2) is 24.4 Å². The van der Waals surface area contributed by atoms with Gasteiger partial charge in [0.1, 0.15) is 5.41 Å². The Bertz CT molecular complexity index is 948. The average Bonchev–Trinajstić information content (AvgIpc) is 3.38. The number of hydrogen-bond donors (Lipinski definition) is 2. The standard InChI is InChI=1S/C21H20N2O5/c1-13(24)15-3-5-16(6-4-15)23-20(26)21(8-9-21)19(25)22-11-14-2-7-17-18(10-14)28-12-27-17/h2-7,10H,8-9,11-12H2,1H3,(H,22,25)(H,23,26). The molecule has 1 aliphatic heterocycles. The smallest absolute Gasteiger partial charge is 0.240 e. The number of ketones is 1. The molecule has 0 spiro atoms. The van der Waals surface area contributed by atoms with Crippen molar-refractivity contribution in [3.63, 3.8) is 0 Å². The summed E-state index contributed by atoms with van der Waals surface area (Å²) in [5, 5.41) is 5.62. The molecule has 0 bridgehead atoms. The average molecular weight is 380 g/mol. The van der Waals surface area contributed by atoms with Gasteiger partial charge in [0, 0.05) is 17.8 Å². The molecule has 1 heterocycles. The molecular formula is C21H20N2O5. The van der Waals surface area contributed by atoms with E-state index in [0.29, 0.717) is 42.1 Å². The summed E-state index contributed by atoms with van der Waals surface area (Å²) in [6, 6.07) is 12.1. The van der Waals surface area contributed by atoms with Crippen LogP contribution in [0.4, 0.5) is 5.69 Å². The number of rotatable bonds is 6. The normalized spacial score (nSPS) is 15.6. The fourth-order valence-corrected chi connectivity index (χ4v) is 3.12. The lowest BCUT2D eigenvalue weighted by Gasteiger charge is -2.16. The highest BCUT2D eigenvalue weighted by Crippen LogP contribution is 2.47. The van der Waals surface area contributed by atoms with E-state index in [-0.39, 0.29) is 24.4 Å². The van der Waals surface area contributed by atoms with Gasteiger partial charge in [-0.25, -0.2) is 0 Å². The van der Waals surface area contributed by atoms with Gasteiger partial charge in [-0.05, 0) is 61.7 Å². The van der Waals surface area contributed by atoms with Crippen molar-refractivity contribution in [3.05, 3.63) is 53.6 Å². The van der Waals surface area contributed by atoms with Crippen molar-refractivity contribution in [2.75, 3.05) is 12.1 Å². The van der Waals surface area contributed by atoms with Crippen LogP contribution < -0.4 is 20.1 Å². The minimum absolute atomic E-state index is 0.0422. The Morgan fingerprint density at radius 2 is 1.68 bits per heavy atom. The van der Waals surface area contributed by atoms with Crippen LogP contribution in [-0.2, 0) is 16.1 Å². The van der Waals surface area contributed by atoms with Crippen LogP contribution in [0, 0.1) is 5.41 Å². The molecule has 2 aromatic carbocycles. The number of ether oxygens (including phenoxy) is 2. The molecule has 2 aromatic rings. The van der Waals surface area contributed by atoms with Crippen molar-refractivity contribution in [2.24, 2.45) is 5.41 Å². The zero-order chi connectivity index (χ0) is 19.7. The fourth-order valence-electron chi connectivity index (χ4n) is 3.12. The van der Waals surface area contributed by atoms with Crippen LogP contribution in [0.2, 0.25) is 0 Å². The highest BCUT2D eigenvalue weighted by molar-refractivity contribution is 6.13. The molecule has 1 fully saturated rings. The molecule has 0 aromatic heterocycles. The number of nitrogens with one attached hydrogen (secondary N) is 2. The predicted octanol–water partition coefficient (Wildman–Crippen LogP) is 2.65. The van der Waals surface area contributed by atoms with Crippen molar-refractivity contribution in [1.82, 2.24) is 5.32 Å². The Morgan fingerprint density at radius 1 is 0.964 bits per heavy atom. The summed E-state index contributed by atoms with van der Waals surface area (Å²) in [6.07, 6.45) is 1.02. The van der Waals surface area contributed by atoms with Gasteiger partial charge in [-0.15, -0.1) is 0 Å². The number of benzene rings is 2.